The minimum Gasteiger partial charge on any atom is -0.368 e. The molecule has 1 heterocycles. The number of nitrogens with one attached hydrogen (secondary N) is 2. The van der Waals surface area contributed by atoms with Gasteiger partial charge in [0.1, 0.15) is 5.82 Å². The van der Waals surface area contributed by atoms with E-state index in [1.807, 2.05) is 0 Å². The Morgan fingerprint density at radius 1 is 1.25 bits per heavy atom. The van der Waals surface area contributed by atoms with E-state index in [-0.39, 0.29) is 0 Å². The van der Waals surface area contributed by atoms with Crippen LogP contribution in [0.25, 0.3) is 0 Å². The molecule has 1 aromatic heterocycles. The number of amides is 1. The van der Waals surface area contributed by atoms with Crippen LogP contribution in [-0.4, -0.2) is 30.0 Å². The number of carbonyl (C=O) groups excluding carboxylic acids is 1. The number of carbonyl (C=O) groups is 1. The van der Waals surface area contributed by atoms with Crippen molar-refractivity contribution in [3.63, 3.8) is 0 Å². The van der Waals surface area contributed by atoms with Crippen molar-refractivity contribution >= 4 is 11.7 Å². The van der Waals surface area contributed by atoms with Gasteiger partial charge in [0, 0.05) is 25.3 Å². The van der Waals surface area contributed by atoms with Crippen LogP contribution in [0, 0.1) is 0 Å². The highest BCUT2D eigenvalue weighted by molar-refractivity contribution is 5.97. The van der Waals surface area contributed by atoms with E-state index in [4.69, 9.17) is 5.73 Å². The minimum atomic E-state index is -0.447. The van der Waals surface area contributed by atoms with Crippen molar-refractivity contribution in [2.24, 2.45) is 5.73 Å². The predicted octanol–water partition coefficient (Wildman–Crippen LogP) is 1.90. The second kappa shape index (κ2) is 7.85. The lowest BCUT2D eigenvalue weighted by Gasteiger charge is -2.16. The summed E-state index contributed by atoms with van der Waals surface area (Å²) >= 11 is 0. The highest BCUT2D eigenvalue weighted by atomic mass is 16.1. The number of nitrogens with two attached hydrogens (primary N) is 1. The van der Waals surface area contributed by atoms with Gasteiger partial charge >= 0.3 is 0 Å². The molecule has 1 saturated carbocycles. The van der Waals surface area contributed by atoms with Gasteiger partial charge in [-0.1, -0.05) is 25.7 Å². The molecule has 20 heavy (non-hydrogen) atoms. The normalized spacial score (nSPS) is 16.6. The first kappa shape index (κ1) is 14.8. The number of hydrogen-bond donors (Lipinski definition) is 3. The van der Waals surface area contributed by atoms with Gasteiger partial charge in [-0.25, -0.2) is 4.98 Å². The first-order chi connectivity index (χ1) is 9.77. The zero-order valence-corrected chi connectivity index (χ0v) is 11.9. The molecule has 0 aliphatic heterocycles. The summed E-state index contributed by atoms with van der Waals surface area (Å²) in [4.78, 5) is 15.4. The van der Waals surface area contributed by atoms with E-state index < -0.39 is 5.91 Å². The summed E-state index contributed by atoms with van der Waals surface area (Å²) in [7, 11) is 0. The lowest BCUT2D eigenvalue weighted by molar-refractivity contribution is 0.100. The topological polar surface area (TPSA) is 80.0 Å². The molecule has 2 rings (SSSR count). The molecule has 4 N–H and O–H groups in total. The van der Waals surface area contributed by atoms with Crippen molar-refractivity contribution < 1.29 is 4.79 Å². The van der Waals surface area contributed by atoms with Crippen LogP contribution in [0.15, 0.2) is 18.3 Å². The molecule has 0 unspecified atom stereocenters. The molecule has 1 amide bonds. The number of hydrogen-bond acceptors (Lipinski definition) is 4. The van der Waals surface area contributed by atoms with Crippen LogP contribution in [-0.2, 0) is 0 Å². The second-order valence-electron chi connectivity index (χ2n) is 5.33. The van der Waals surface area contributed by atoms with Gasteiger partial charge in [0.2, 0.25) is 0 Å². The van der Waals surface area contributed by atoms with Crippen molar-refractivity contribution in [2.75, 3.05) is 18.4 Å². The molecule has 1 fully saturated rings. The number of nitrogens with zero attached hydrogens (tertiary/aromatic N) is 1. The molecule has 0 atom stereocenters. The summed E-state index contributed by atoms with van der Waals surface area (Å²) in [6, 6.07) is 4.05. The molecule has 0 saturated heterocycles. The van der Waals surface area contributed by atoms with Crippen molar-refractivity contribution in [3.05, 3.63) is 23.9 Å². The van der Waals surface area contributed by atoms with Gasteiger partial charge in [0.15, 0.2) is 0 Å². The van der Waals surface area contributed by atoms with E-state index in [1.54, 1.807) is 18.3 Å². The Bertz CT molecular complexity index is 428. The zero-order valence-electron chi connectivity index (χ0n) is 11.9. The quantitative estimate of drug-likeness (QED) is 0.547. The van der Waals surface area contributed by atoms with E-state index >= 15 is 0 Å². The molecule has 0 bridgehead atoms. The van der Waals surface area contributed by atoms with E-state index in [0.29, 0.717) is 17.4 Å². The van der Waals surface area contributed by atoms with Crippen molar-refractivity contribution in [1.82, 2.24) is 10.3 Å². The number of anilines is 1. The van der Waals surface area contributed by atoms with Gasteiger partial charge in [0.05, 0.1) is 5.56 Å². The molecule has 0 radical (unpaired) electrons. The maximum Gasteiger partial charge on any atom is 0.252 e. The highest BCUT2D eigenvalue weighted by Crippen LogP contribution is 2.17. The van der Waals surface area contributed by atoms with Gasteiger partial charge in [-0.3, -0.25) is 4.79 Å². The van der Waals surface area contributed by atoms with Crippen LogP contribution in [0.4, 0.5) is 5.82 Å². The number of primary amides is 1. The molecule has 5 nitrogen and oxygen atoms in total. The monoisotopic (exact) mass is 276 g/mol. The number of aromatic nitrogens is 1. The first-order valence-corrected chi connectivity index (χ1v) is 7.49. The summed E-state index contributed by atoms with van der Waals surface area (Å²) in [5, 5.41) is 6.75. The largest absolute Gasteiger partial charge is 0.368 e. The molecule has 5 heteroatoms. The third-order valence-corrected chi connectivity index (χ3v) is 3.78. The van der Waals surface area contributed by atoms with Gasteiger partial charge in [0.25, 0.3) is 5.91 Å². The van der Waals surface area contributed by atoms with Crippen LogP contribution in [0.2, 0.25) is 0 Å². The fourth-order valence-corrected chi connectivity index (χ4v) is 2.69. The number of rotatable bonds is 6. The molecule has 0 aromatic carbocycles. The van der Waals surface area contributed by atoms with Gasteiger partial charge in [-0.05, 0) is 25.0 Å². The predicted molar refractivity (Wildman–Crippen MR) is 80.7 cm³/mol. The maximum atomic E-state index is 11.3. The third-order valence-electron chi connectivity index (χ3n) is 3.78. The SMILES string of the molecule is NC(=O)c1cccnc1NCCNC1CCCCCC1. The first-order valence-electron chi connectivity index (χ1n) is 7.49. The van der Waals surface area contributed by atoms with E-state index in [9.17, 15) is 4.79 Å². The van der Waals surface area contributed by atoms with Crippen LogP contribution in [0.3, 0.4) is 0 Å². The molecule has 110 valence electrons. The van der Waals surface area contributed by atoms with Crippen LogP contribution in [0.5, 0.6) is 0 Å². The fraction of sp³-hybridized carbons (Fsp3) is 0.600. The molecular formula is C15H24N4O. The van der Waals surface area contributed by atoms with Crippen molar-refractivity contribution in [3.8, 4) is 0 Å². The smallest absolute Gasteiger partial charge is 0.252 e. The van der Waals surface area contributed by atoms with Gasteiger partial charge in [-0.2, -0.15) is 0 Å². The average molecular weight is 276 g/mol. The molecule has 1 aromatic rings. The lowest BCUT2D eigenvalue weighted by atomic mass is 10.1. The summed E-state index contributed by atoms with van der Waals surface area (Å²) in [5.41, 5.74) is 5.76. The average Bonchev–Trinajstić information content (AvgIpc) is 2.72. The Morgan fingerprint density at radius 3 is 2.70 bits per heavy atom. The standard InChI is InChI=1S/C15H24N4O/c16-14(20)13-8-5-9-18-15(13)19-11-10-17-12-6-3-1-2-4-7-12/h5,8-9,12,17H,1-4,6-7,10-11H2,(H2,16,20)(H,18,19). The summed E-state index contributed by atoms with van der Waals surface area (Å²) in [5.74, 6) is 0.125. The second-order valence-corrected chi connectivity index (χ2v) is 5.33. The highest BCUT2D eigenvalue weighted by Gasteiger charge is 2.11. The summed E-state index contributed by atoms with van der Waals surface area (Å²) < 4.78 is 0. The van der Waals surface area contributed by atoms with Gasteiger partial charge in [-0.15, -0.1) is 0 Å². The summed E-state index contributed by atoms with van der Waals surface area (Å²) in [6.45, 7) is 1.62. The Hall–Kier alpha value is -1.62. The third kappa shape index (κ3) is 4.49. The Morgan fingerprint density at radius 2 is 2.00 bits per heavy atom. The van der Waals surface area contributed by atoms with Crippen LogP contribution in [0.1, 0.15) is 48.9 Å². The van der Waals surface area contributed by atoms with Crippen molar-refractivity contribution in [1.29, 1.82) is 0 Å². The lowest BCUT2D eigenvalue weighted by Crippen LogP contribution is -2.33. The summed E-state index contributed by atoms with van der Waals surface area (Å²) in [6.07, 6.45) is 9.60. The van der Waals surface area contributed by atoms with Crippen LogP contribution >= 0.6 is 0 Å². The van der Waals surface area contributed by atoms with Crippen molar-refractivity contribution in [2.45, 2.75) is 44.6 Å². The van der Waals surface area contributed by atoms with Crippen LogP contribution < -0.4 is 16.4 Å². The Labute approximate surface area is 120 Å². The maximum absolute atomic E-state index is 11.3. The molecule has 0 spiro atoms. The fourth-order valence-electron chi connectivity index (χ4n) is 2.69. The molecule has 1 aliphatic rings. The Kier molecular flexibility index (Phi) is 5.80. The Balaban J connectivity index is 1.74. The minimum absolute atomic E-state index is 0.446. The van der Waals surface area contributed by atoms with E-state index in [0.717, 1.165) is 13.1 Å². The van der Waals surface area contributed by atoms with E-state index in [1.165, 1.54) is 38.5 Å². The van der Waals surface area contributed by atoms with Gasteiger partial charge < -0.3 is 16.4 Å². The molecule has 1 aliphatic carbocycles. The number of pyridine rings is 1. The molecular weight excluding hydrogens is 252 g/mol. The van der Waals surface area contributed by atoms with E-state index in [2.05, 4.69) is 15.6 Å². The zero-order chi connectivity index (χ0) is 14.2.